The molecule has 0 heterocycles. The van der Waals surface area contributed by atoms with Crippen molar-refractivity contribution in [3.8, 4) is 0 Å². The van der Waals surface area contributed by atoms with Crippen LogP contribution in [0.3, 0.4) is 0 Å². The second kappa shape index (κ2) is 7.71. The molecule has 0 fully saturated rings. The molecule has 3 N–H and O–H groups in total. The maximum Gasteiger partial charge on any atom is 0.321 e. The average molecular weight is 314 g/mol. The minimum absolute atomic E-state index is 0.0516. The molecule has 0 aliphatic heterocycles. The van der Waals surface area contributed by atoms with Gasteiger partial charge in [0.05, 0.1) is 6.54 Å². The Morgan fingerprint density at radius 2 is 2.11 bits per heavy atom. The van der Waals surface area contributed by atoms with Crippen molar-refractivity contribution >= 4 is 33.6 Å². The van der Waals surface area contributed by atoms with Gasteiger partial charge >= 0.3 is 6.03 Å². The van der Waals surface area contributed by atoms with Crippen LogP contribution in [0.5, 0.6) is 0 Å². The number of hydrogen-bond donors (Lipinski definition) is 3. The van der Waals surface area contributed by atoms with Crippen LogP contribution in [0.25, 0.3) is 0 Å². The van der Waals surface area contributed by atoms with E-state index in [0.29, 0.717) is 6.54 Å². The smallest absolute Gasteiger partial charge is 0.321 e. The van der Waals surface area contributed by atoms with Gasteiger partial charge in [-0.25, -0.2) is 4.79 Å². The number of benzene rings is 1. The minimum atomic E-state index is -0.460. The lowest BCUT2D eigenvalue weighted by atomic mass is 10.3. The van der Waals surface area contributed by atoms with Crippen LogP contribution in [0.4, 0.5) is 10.5 Å². The van der Waals surface area contributed by atoms with E-state index in [0.717, 1.165) is 16.6 Å². The lowest BCUT2D eigenvalue weighted by Crippen LogP contribution is -2.42. The molecule has 3 amide bonds. The van der Waals surface area contributed by atoms with Crippen LogP contribution in [0, 0.1) is 0 Å². The van der Waals surface area contributed by atoms with Crippen LogP contribution in [0.1, 0.15) is 13.3 Å². The van der Waals surface area contributed by atoms with E-state index < -0.39 is 6.03 Å². The molecule has 18 heavy (non-hydrogen) atoms. The number of urea groups is 1. The number of carbonyl (C=O) groups is 2. The molecule has 0 aliphatic rings. The maximum absolute atomic E-state index is 11.4. The largest absolute Gasteiger partial charge is 0.376 e. The molecule has 0 unspecified atom stereocenters. The SMILES string of the molecule is CCCNC(=O)NC(=O)CNc1cccc(Br)c1. The van der Waals surface area contributed by atoms with Gasteiger partial charge in [-0.1, -0.05) is 28.9 Å². The summed E-state index contributed by atoms with van der Waals surface area (Å²) in [7, 11) is 0. The summed E-state index contributed by atoms with van der Waals surface area (Å²) < 4.78 is 0.925. The molecule has 0 aliphatic carbocycles. The highest BCUT2D eigenvalue weighted by atomic mass is 79.9. The number of anilines is 1. The molecule has 1 rings (SSSR count). The van der Waals surface area contributed by atoms with Crippen molar-refractivity contribution in [3.05, 3.63) is 28.7 Å². The Morgan fingerprint density at radius 1 is 1.33 bits per heavy atom. The summed E-state index contributed by atoms with van der Waals surface area (Å²) in [6.07, 6.45) is 0.831. The molecular formula is C12H16BrN3O2. The second-order valence-electron chi connectivity index (χ2n) is 3.67. The second-order valence-corrected chi connectivity index (χ2v) is 4.58. The summed E-state index contributed by atoms with van der Waals surface area (Å²) in [6.45, 7) is 2.55. The molecule has 98 valence electrons. The third-order valence-corrected chi connectivity index (χ3v) is 2.56. The lowest BCUT2D eigenvalue weighted by molar-refractivity contribution is -0.118. The van der Waals surface area contributed by atoms with Gasteiger partial charge in [0.2, 0.25) is 5.91 Å². The summed E-state index contributed by atoms with van der Waals surface area (Å²) in [4.78, 5) is 22.6. The zero-order valence-electron chi connectivity index (χ0n) is 10.1. The molecule has 1 aromatic carbocycles. The first-order valence-corrected chi connectivity index (χ1v) is 6.48. The topological polar surface area (TPSA) is 70.2 Å². The lowest BCUT2D eigenvalue weighted by Gasteiger charge is -2.08. The van der Waals surface area contributed by atoms with Crippen LogP contribution in [0.15, 0.2) is 28.7 Å². The van der Waals surface area contributed by atoms with Crippen molar-refractivity contribution in [2.45, 2.75) is 13.3 Å². The molecule has 1 aromatic rings. The van der Waals surface area contributed by atoms with E-state index in [1.54, 1.807) is 0 Å². The van der Waals surface area contributed by atoms with Gasteiger partial charge in [0.25, 0.3) is 0 Å². The molecule has 0 bridgehead atoms. The Morgan fingerprint density at radius 3 is 2.78 bits per heavy atom. The van der Waals surface area contributed by atoms with E-state index >= 15 is 0 Å². The highest BCUT2D eigenvalue weighted by molar-refractivity contribution is 9.10. The zero-order valence-corrected chi connectivity index (χ0v) is 11.7. The van der Waals surface area contributed by atoms with Crippen molar-refractivity contribution in [3.63, 3.8) is 0 Å². The molecule has 0 radical (unpaired) electrons. The number of amides is 3. The van der Waals surface area contributed by atoms with Gasteiger partial charge in [0.15, 0.2) is 0 Å². The van der Waals surface area contributed by atoms with Gasteiger partial charge in [0, 0.05) is 16.7 Å². The van der Waals surface area contributed by atoms with Crippen LogP contribution in [-0.4, -0.2) is 25.0 Å². The van der Waals surface area contributed by atoms with E-state index in [9.17, 15) is 9.59 Å². The zero-order chi connectivity index (χ0) is 13.4. The fourth-order valence-electron chi connectivity index (χ4n) is 1.23. The molecule has 0 spiro atoms. The van der Waals surface area contributed by atoms with E-state index in [4.69, 9.17) is 0 Å². The number of halogens is 1. The van der Waals surface area contributed by atoms with Crippen molar-refractivity contribution in [1.29, 1.82) is 0 Å². The van der Waals surface area contributed by atoms with Gasteiger partial charge in [-0.15, -0.1) is 0 Å². The monoisotopic (exact) mass is 313 g/mol. The Kier molecular flexibility index (Phi) is 6.21. The van der Waals surface area contributed by atoms with Gasteiger partial charge in [0.1, 0.15) is 0 Å². The number of nitrogens with one attached hydrogen (secondary N) is 3. The maximum atomic E-state index is 11.4. The van der Waals surface area contributed by atoms with Gasteiger partial charge < -0.3 is 10.6 Å². The van der Waals surface area contributed by atoms with E-state index in [1.165, 1.54) is 0 Å². The van der Waals surface area contributed by atoms with Gasteiger partial charge in [-0.3, -0.25) is 10.1 Å². The van der Waals surface area contributed by atoms with Gasteiger partial charge in [-0.2, -0.15) is 0 Å². The fourth-order valence-corrected chi connectivity index (χ4v) is 1.63. The van der Waals surface area contributed by atoms with Crippen LogP contribution < -0.4 is 16.0 Å². The molecule has 0 saturated carbocycles. The number of hydrogen-bond acceptors (Lipinski definition) is 3. The van der Waals surface area contributed by atoms with E-state index in [1.807, 2.05) is 31.2 Å². The first-order chi connectivity index (χ1) is 8.61. The summed E-state index contributed by atoms with van der Waals surface area (Å²) in [5.41, 5.74) is 0.813. The van der Waals surface area contributed by atoms with Crippen molar-refractivity contribution < 1.29 is 9.59 Å². The first kappa shape index (κ1) is 14.5. The number of imide groups is 1. The third-order valence-electron chi connectivity index (χ3n) is 2.07. The molecule has 5 nitrogen and oxygen atoms in total. The Hall–Kier alpha value is -1.56. The molecular weight excluding hydrogens is 298 g/mol. The highest BCUT2D eigenvalue weighted by Gasteiger charge is 2.06. The van der Waals surface area contributed by atoms with Crippen molar-refractivity contribution in [1.82, 2.24) is 10.6 Å². The van der Waals surface area contributed by atoms with Crippen LogP contribution in [-0.2, 0) is 4.79 Å². The quantitative estimate of drug-likeness (QED) is 0.779. The standard InChI is InChI=1S/C12H16BrN3O2/c1-2-6-14-12(18)16-11(17)8-15-10-5-3-4-9(13)7-10/h3-5,7,15H,2,6,8H2,1H3,(H2,14,16,17,18). The summed E-state index contributed by atoms with van der Waals surface area (Å²) in [6, 6.07) is 6.99. The molecule has 0 saturated heterocycles. The predicted molar refractivity (Wildman–Crippen MR) is 74.5 cm³/mol. The van der Waals surface area contributed by atoms with Gasteiger partial charge in [-0.05, 0) is 24.6 Å². The minimum Gasteiger partial charge on any atom is -0.376 e. The first-order valence-electron chi connectivity index (χ1n) is 5.69. The van der Waals surface area contributed by atoms with E-state index in [-0.39, 0.29) is 12.5 Å². The number of rotatable bonds is 5. The Bertz CT molecular complexity index is 424. The average Bonchev–Trinajstić information content (AvgIpc) is 2.34. The van der Waals surface area contributed by atoms with Crippen LogP contribution in [0.2, 0.25) is 0 Å². The highest BCUT2D eigenvalue weighted by Crippen LogP contribution is 2.14. The molecule has 0 atom stereocenters. The molecule has 0 aromatic heterocycles. The Balaban J connectivity index is 2.31. The summed E-state index contributed by atoms with van der Waals surface area (Å²) in [5, 5.41) is 7.73. The summed E-state index contributed by atoms with van der Waals surface area (Å²) in [5.74, 6) is -0.372. The van der Waals surface area contributed by atoms with Crippen molar-refractivity contribution in [2.24, 2.45) is 0 Å². The van der Waals surface area contributed by atoms with E-state index in [2.05, 4.69) is 31.9 Å². The Labute approximate surface area is 114 Å². The normalized spacial score (nSPS) is 9.67. The van der Waals surface area contributed by atoms with Crippen molar-refractivity contribution in [2.75, 3.05) is 18.4 Å². The van der Waals surface area contributed by atoms with Crippen LogP contribution >= 0.6 is 15.9 Å². The predicted octanol–water partition coefficient (Wildman–Crippen LogP) is 2.10. The number of carbonyl (C=O) groups excluding carboxylic acids is 2. The third kappa shape index (κ3) is 5.67. The fraction of sp³-hybridized carbons (Fsp3) is 0.333. The molecule has 6 heteroatoms. The summed E-state index contributed by atoms with van der Waals surface area (Å²) >= 11 is 3.33.